The van der Waals surface area contributed by atoms with Gasteiger partial charge in [-0.2, -0.15) is 0 Å². The Labute approximate surface area is 112 Å². The van der Waals surface area contributed by atoms with E-state index in [1.54, 1.807) is 30.3 Å². The van der Waals surface area contributed by atoms with E-state index >= 15 is 0 Å². The van der Waals surface area contributed by atoms with Crippen molar-refractivity contribution in [2.75, 3.05) is 19.0 Å². The molecule has 0 aromatic heterocycles. The van der Waals surface area contributed by atoms with Crippen molar-refractivity contribution in [3.8, 4) is 5.75 Å². The fourth-order valence-corrected chi connectivity index (χ4v) is 1.36. The summed E-state index contributed by atoms with van der Waals surface area (Å²) in [6, 6.07) is 7.01. The number of rotatable bonds is 7. The molecular weight excluding hydrogens is 246 g/mol. The largest absolute Gasteiger partial charge is 0.489 e. The van der Waals surface area contributed by atoms with Crippen LogP contribution in [0.15, 0.2) is 36.9 Å². The van der Waals surface area contributed by atoms with Crippen LogP contribution >= 0.6 is 0 Å². The summed E-state index contributed by atoms with van der Waals surface area (Å²) in [5.41, 5.74) is 0.622. The van der Waals surface area contributed by atoms with Crippen LogP contribution in [0.1, 0.15) is 12.8 Å². The minimum atomic E-state index is -0.404. The summed E-state index contributed by atoms with van der Waals surface area (Å²) in [5.74, 6) is -0.00449. The molecule has 1 aromatic carbocycles. The molecular formula is C14H17NO4. The molecule has 0 saturated heterocycles. The van der Waals surface area contributed by atoms with Crippen molar-refractivity contribution < 1.29 is 19.1 Å². The molecule has 1 aromatic rings. The Kier molecular flexibility index (Phi) is 6.15. The van der Waals surface area contributed by atoms with Crippen molar-refractivity contribution in [2.24, 2.45) is 0 Å². The zero-order valence-corrected chi connectivity index (χ0v) is 10.8. The fraction of sp³-hybridized carbons (Fsp3) is 0.286. The van der Waals surface area contributed by atoms with Crippen LogP contribution in [0, 0.1) is 0 Å². The summed E-state index contributed by atoms with van der Waals surface area (Å²) in [6.07, 6.45) is 1.79. The molecule has 1 rings (SSSR count). The number of esters is 1. The SMILES string of the molecule is C=CCOc1cccc(NC(=O)CCC(=O)OC)c1. The lowest BCUT2D eigenvalue weighted by Gasteiger charge is -2.07. The van der Waals surface area contributed by atoms with Crippen molar-refractivity contribution >= 4 is 17.6 Å². The molecule has 0 bridgehead atoms. The number of hydrogen-bond donors (Lipinski definition) is 1. The van der Waals surface area contributed by atoms with Gasteiger partial charge in [0.1, 0.15) is 12.4 Å². The summed E-state index contributed by atoms with van der Waals surface area (Å²) in [7, 11) is 1.29. The van der Waals surface area contributed by atoms with Crippen LogP contribution in [0.4, 0.5) is 5.69 Å². The smallest absolute Gasteiger partial charge is 0.306 e. The third-order valence-electron chi connectivity index (χ3n) is 2.27. The normalized spacial score (nSPS) is 9.53. The van der Waals surface area contributed by atoms with Gasteiger partial charge >= 0.3 is 5.97 Å². The highest BCUT2D eigenvalue weighted by Gasteiger charge is 2.07. The second kappa shape index (κ2) is 7.92. The molecule has 0 saturated carbocycles. The van der Waals surface area contributed by atoms with E-state index in [2.05, 4.69) is 16.6 Å². The number of carbonyl (C=O) groups excluding carboxylic acids is 2. The van der Waals surface area contributed by atoms with Gasteiger partial charge in [-0.05, 0) is 12.1 Å². The van der Waals surface area contributed by atoms with Crippen LogP contribution in [0.3, 0.4) is 0 Å². The summed E-state index contributed by atoms with van der Waals surface area (Å²) in [5, 5.41) is 2.69. The van der Waals surface area contributed by atoms with Crippen molar-refractivity contribution in [3.05, 3.63) is 36.9 Å². The highest BCUT2D eigenvalue weighted by Crippen LogP contribution is 2.17. The molecule has 0 fully saturated rings. The second-order valence-electron chi connectivity index (χ2n) is 3.75. The first-order chi connectivity index (χ1) is 9.15. The van der Waals surface area contributed by atoms with Gasteiger partial charge in [0.15, 0.2) is 0 Å². The molecule has 102 valence electrons. The van der Waals surface area contributed by atoms with Gasteiger partial charge in [0.2, 0.25) is 5.91 Å². The van der Waals surface area contributed by atoms with Crippen molar-refractivity contribution in [1.29, 1.82) is 0 Å². The standard InChI is InChI=1S/C14H17NO4/c1-3-9-19-12-6-4-5-11(10-12)15-13(16)7-8-14(17)18-2/h3-6,10H,1,7-9H2,2H3,(H,15,16). The maximum absolute atomic E-state index is 11.6. The van der Waals surface area contributed by atoms with Gasteiger partial charge in [-0.3, -0.25) is 9.59 Å². The van der Waals surface area contributed by atoms with E-state index in [0.717, 1.165) is 0 Å². The molecule has 0 aliphatic heterocycles. The molecule has 19 heavy (non-hydrogen) atoms. The molecule has 0 aliphatic carbocycles. The third kappa shape index (κ3) is 5.72. The summed E-state index contributed by atoms with van der Waals surface area (Å²) < 4.78 is 9.82. The summed E-state index contributed by atoms with van der Waals surface area (Å²) in [4.78, 5) is 22.5. The fourth-order valence-electron chi connectivity index (χ4n) is 1.36. The molecule has 0 heterocycles. The van der Waals surface area contributed by atoms with Crippen LogP contribution in [-0.4, -0.2) is 25.6 Å². The van der Waals surface area contributed by atoms with Crippen LogP contribution in [0.2, 0.25) is 0 Å². The Hall–Kier alpha value is -2.30. The molecule has 0 spiro atoms. The number of nitrogens with one attached hydrogen (secondary N) is 1. The summed E-state index contributed by atoms with van der Waals surface area (Å²) in [6.45, 7) is 3.96. The number of ether oxygens (including phenoxy) is 2. The number of hydrogen-bond acceptors (Lipinski definition) is 4. The second-order valence-corrected chi connectivity index (χ2v) is 3.75. The van der Waals surface area contributed by atoms with Crippen LogP contribution in [-0.2, 0) is 14.3 Å². The van der Waals surface area contributed by atoms with Gasteiger partial charge in [0.05, 0.1) is 13.5 Å². The van der Waals surface area contributed by atoms with Crippen molar-refractivity contribution in [2.45, 2.75) is 12.8 Å². The van der Waals surface area contributed by atoms with E-state index < -0.39 is 5.97 Å². The zero-order chi connectivity index (χ0) is 14.1. The Balaban J connectivity index is 2.49. The molecule has 0 atom stereocenters. The number of anilines is 1. The number of carbonyl (C=O) groups is 2. The Morgan fingerprint density at radius 2 is 2.16 bits per heavy atom. The van der Waals surface area contributed by atoms with Crippen molar-refractivity contribution in [3.63, 3.8) is 0 Å². The topological polar surface area (TPSA) is 64.6 Å². The van der Waals surface area contributed by atoms with Crippen LogP contribution in [0.25, 0.3) is 0 Å². The lowest BCUT2D eigenvalue weighted by molar-refractivity contribution is -0.141. The summed E-state index contributed by atoms with van der Waals surface area (Å²) >= 11 is 0. The average Bonchev–Trinajstić information content (AvgIpc) is 2.43. The predicted octanol–water partition coefficient (Wildman–Crippen LogP) is 2.14. The van der Waals surface area contributed by atoms with E-state index in [4.69, 9.17) is 4.74 Å². The lowest BCUT2D eigenvalue weighted by atomic mass is 10.2. The maximum Gasteiger partial charge on any atom is 0.306 e. The first-order valence-corrected chi connectivity index (χ1v) is 5.86. The minimum absolute atomic E-state index is 0.0645. The molecule has 1 N–H and O–H groups in total. The van der Waals surface area contributed by atoms with Crippen LogP contribution in [0.5, 0.6) is 5.75 Å². The van der Waals surface area contributed by atoms with Gasteiger partial charge in [-0.25, -0.2) is 0 Å². The van der Waals surface area contributed by atoms with Gasteiger partial charge in [0, 0.05) is 18.2 Å². The Morgan fingerprint density at radius 1 is 1.37 bits per heavy atom. The van der Waals surface area contributed by atoms with E-state index in [9.17, 15) is 9.59 Å². The highest BCUT2D eigenvalue weighted by molar-refractivity contribution is 5.92. The number of benzene rings is 1. The predicted molar refractivity (Wildman–Crippen MR) is 72.0 cm³/mol. The van der Waals surface area contributed by atoms with E-state index in [1.165, 1.54) is 7.11 Å². The third-order valence-corrected chi connectivity index (χ3v) is 2.27. The Bertz CT molecular complexity index is 457. The van der Waals surface area contributed by atoms with Gasteiger partial charge in [-0.15, -0.1) is 0 Å². The van der Waals surface area contributed by atoms with Crippen LogP contribution < -0.4 is 10.1 Å². The number of methoxy groups -OCH3 is 1. The number of amides is 1. The van der Waals surface area contributed by atoms with Crippen molar-refractivity contribution in [1.82, 2.24) is 0 Å². The van der Waals surface area contributed by atoms with Gasteiger partial charge in [-0.1, -0.05) is 18.7 Å². The van der Waals surface area contributed by atoms with E-state index in [-0.39, 0.29) is 18.7 Å². The molecule has 5 nitrogen and oxygen atoms in total. The van der Waals surface area contributed by atoms with Gasteiger partial charge < -0.3 is 14.8 Å². The monoisotopic (exact) mass is 263 g/mol. The highest BCUT2D eigenvalue weighted by atomic mass is 16.5. The molecule has 5 heteroatoms. The van der Waals surface area contributed by atoms with E-state index in [1.807, 2.05) is 0 Å². The molecule has 1 amide bonds. The molecule has 0 unspecified atom stereocenters. The molecule has 0 radical (unpaired) electrons. The minimum Gasteiger partial charge on any atom is -0.489 e. The van der Waals surface area contributed by atoms with E-state index in [0.29, 0.717) is 18.0 Å². The lowest BCUT2D eigenvalue weighted by Crippen LogP contribution is -2.13. The quantitative estimate of drug-likeness (QED) is 0.604. The average molecular weight is 263 g/mol. The first-order valence-electron chi connectivity index (χ1n) is 5.86. The maximum atomic E-state index is 11.6. The Morgan fingerprint density at radius 3 is 2.84 bits per heavy atom. The first kappa shape index (κ1) is 14.8. The van der Waals surface area contributed by atoms with Gasteiger partial charge in [0.25, 0.3) is 0 Å². The zero-order valence-electron chi connectivity index (χ0n) is 10.8. The molecule has 0 aliphatic rings.